The Bertz CT molecular complexity index is 547. The molecule has 23 heavy (non-hydrogen) atoms. The maximum absolute atomic E-state index is 12.4. The Labute approximate surface area is 143 Å². The summed E-state index contributed by atoms with van der Waals surface area (Å²) >= 11 is 0. The van der Waals surface area contributed by atoms with Gasteiger partial charge in [0.2, 0.25) is 5.91 Å². The summed E-state index contributed by atoms with van der Waals surface area (Å²) in [7, 11) is 0. The lowest BCUT2D eigenvalue weighted by Crippen LogP contribution is -2.31. The number of carbonyl (C=O) groups excluding carboxylic acids is 1. The van der Waals surface area contributed by atoms with E-state index >= 15 is 0 Å². The number of amides is 1. The highest BCUT2D eigenvalue weighted by molar-refractivity contribution is 5.94. The molecule has 1 aromatic rings. The lowest BCUT2D eigenvalue weighted by molar-refractivity contribution is -0.118. The van der Waals surface area contributed by atoms with Gasteiger partial charge in [-0.05, 0) is 50.6 Å². The third-order valence-electron chi connectivity index (χ3n) is 6.00. The zero-order valence-corrected chi connectivity index (χ0v) is 14.4. The lowest BCUT2D eigenvalue weighted by atomic mass is 9.87. The predicted octanol–water partition coefficient (Wildman–Crippen LogP) is 3.21. The molecule has 3 aliphatic rings. The van der Waals surface area contributed by atoms with Gasteiger partial charge in [-0.1, -0.05) is 19.3 Å². The largest absolute Gasteiger partial charge is 0.317 e. The number of nitrogens with zero attached hydrogens (tertiary/aromatic N) is 1. The molecule has 1 saturated heterocycles. The first-order valence-corrected chi connectivity index (χ1v) is 8.84. The number of H-pyrrole nitrogens is 1. The van der Waals surface area contributed by atoms with Gasteiger partial charge < -0.3 is 10.6 Å². The van der Waals surface area contributed by atoms with Crippen LogP contribution in [0.15, 0.2) is 6.07 Å². The number of aromatic amines is 1. The molecule has 128 valence electrons. The number of aromatic nitrogens is 2. The molecule has 1 unspecified atom stereocenters. The summed E-state index contributed by atoms with van der Waals surface area (Å²) in [6, 6.07) is 2.05. The van der Waals surface area contributed by atoms with Crippen LogP contribution in [0.2, 0.25) is 0 Å². The van der Waals surface area contributed by atoms with Crippen molar-refractivity contribution in [2.75, 3.05) is 18.4 Å². The number of halogens is 1. The zero-order chi connectivity index (χ0) is 15.0. The van der Waals surface area contributed by atoms with Crippen molar-refractivity contribution >= 4 is 24.1 Å². The van der Waals surface area contributed by atoms with Gasteiger partial charge in [0.05, 0.1) is 0 Å². The average molecular weight is 339 g/mol. The van der Waals surface area contributed by atoms with Crippen molar-refractivity contribution in [1.82, 2.24) is 15.5 Å². The molecular weight excluding hydrogens is 312 g/mol. The molecule has 2 heterocycles. The highest BCUT2D eigenvalue weighted by atomic mass is 35.5. The van der Waals surface area contributed by atoms with Crippen molar-refractivity contribution in [3.05, 3.63) is 11.8 Å². The fraction of sp³-hybridized carbons (Fsp3) is 0.765. The molecule has 1 aromatic heterocycles. The maximum Gasteiger partial charge on any atom is 0.229 e. The third-order valence-corrected chi connectivity index (χ3v) is 6.00. The van der Waals surface area contributed by atoms with Crippen LogP contribution in [0.1, 0.15) is 63.0 Å². The highest BCUT2D eigenvalue weighted by Gasteiger charge is 2.57. The van der Waals surface area contributed by atoms with E-state index in [1.54, 1.807) is 0 Å². The monoisotopic (exact) mass is 338 g/mol. The summed E-state index contributed by atoms with van der Waals surface area (Å²) in [5.74, 6) is 1.68. The molecular formula is C17H27ClN4O. The fourth-order valence-electron chi connectivity index (χ4n) is 4.43. The molecule has 1 aliphatic heterocycles. The van der Waals surface area contributed by atoms with Gasteiger partial charge in [-0.15, -0.1) is 12.4 Å². The molecule has 2 saturated carbocycles. The van der Waals surface area contributed by atoms with E-state index in [1.165, 1.54) is 37.8 Å². The Kier molecular flexibility index (Phi) is 4.97. The maximum atomic E-state index is 12.4. The average Bonchev–Trinajstić information content (AvgIpc) is 3.04. The number of hydrogen-bond acceptors (Lipinski definition) is 3. The van der Waals surface area contributed by atoms with E-state index < -0.39 is 0 Å². The Morgan fingerprint density at radius 2 is 1.96 bits per heavy atom. The molecule has 1 spiro atoms. The van der Waals surface area contributed by atoms with Crippen LogP contribution in [0.4, 0.5) is 5.82 Å². The topological polar surface area (TPSA) is 69.8 Å². The van der Waals surface area contributed by atoms with E-state index in [4.69, 9.17) is 0 Å². The van der Waals surface area contributed by atoms with Crippen LogP contribution in [-0.4, -0.2) is 29.2 Å². The van der Waals surface area contributed by atoms with Gasteiger partial charge in [0.1, 0.15) is 0 Å². The van der Waals surface area contributed by atoms with E-state index in [0.717, 1.165) is 32.4 Å². The van der Waals surface area contributed by atoms with Crippen molar-refractivity contribution < 1.29 is 4.79 Å². The summed E-state index contributed by atoms with van der Waals surface area (Å²) in [6.07, 6.45) is 9.79. The van der Waals surface area contributed by atoms with Gasteiger partial charge >= 0.3 is 0 Å². The molecule has 6 heteroatoms. The standard InChI is InChI=1S/C17H26N4O.ClH/c22-16(13-11-17(13)6-8-18-9-7-17)19-15-10-14(20-21-15)12-4-2-1-3-5-12;/h10,12-13,18H,1-9,11H2,(H2,19,20,21,22);1H. The van der Waals surface area contributed by atoms with Gasteiger partial charge in [-0.2, -0.15) is 5.10 Å². The van der Waals surface area contributed by atoms with Crippen molar-refractivity contribution in [2.24, 2.45) is 11.3 Å². The molecule has 0 radical (unpaired) electrons. The van der Waals surface area contributed by atoms with Crippen molar-refractivity contribution in [2.45, 2.75) is 57.3 Å². The number of piperidine rings is 1. The van der Waals surface area contributed by atoms with E-state index in [0.29, 0.717) is 11.7 Å². The lowest BCUT2D eigenvalue weighted by Gasteiger charge is -2.23. The van der Waals surface area contributed by atoms with Crippen LogP contribution in [0.3, 0.4) is 0 Å². The first kappa shape index (κ1) is 16.8. The second-order valence-corrected chi connectivity index (χ2v) is 7.40. The SMILES string of the molecule is Cl.O=C(Nc1cc(C2CCCCC2)[nH]n1)C1CC12CCNCC2. The van der Waals surface area contributed by atoms with Crippen LogP contribution >= 0.6 is 12.4 Å². The molecule has 2 aliphatic carbocycles. The summed E-state index contributed by atoms with van der Waals surface area (Å²) in [6.45, 7) is 2.11. The van der Waals surface area contributed by atoms with Crippen LogP contribution in [-0.2, 0) is 4.79 Å². The quantitative estimate of drug-likeness (QED) is 0.792. The van der Waals surface area contributed by atoms with E-state index in [9.17, 15) is 4.79 Å². The highest BCUT2D eigenvalue weighted by Crippen LogP contribution is 2.58. The number of anilines is 1. The Hall–Kier alpha value is -1.07. The molecule has 5 nitrogen and oxygen atoms in total. The summed E-state index contributed by atoms with van der Waals surface area (Å²) in [4.78, 5) is 12.4. The Morgan fingerprint density at radius 3 is 2.70 bits per heavy atom. The normalized spacial score (nSPS) is 26.5. The molecule has 0 aromatic carbocycles. The minimum absolute atomic E-state index is 0. The minimum atomic E-state index is 0. The molecule has 3 fully saturated rings. The van der Waals surface area contributed by atoms with E-state index in [-0.39, 0.29) is 29.6 Å². The molecule has 3 N–H and O–H groups in total. The van der Waals surface area contributed by atoms with Crippen molar-refractivity contribution in [1.29, 1.82) is 0 Å². The molecule has 4 rings (SSSR count). The van der Waals surface area contributed by atoms with Gasteiger partial charge in [-0.25, -0.2) is 0 Å². The number of rotatable bonds is 3. The second-order valence-electron chi connectivity index (χ2n) is 7.40. The van der Waals surface area contributed by atoms with Crippen molar-refractivity contribution in [3.8, 4) is 0 Å². The summed E-state index contributed by atoms with van der Waals surface area (Å²) in [5, 5.41) is 13.9. The van der Waals surface area contributed by atoms with Gasteiger partial charge in [-0.3, -0.25) is 9.89 Å². The fourth-order valence-corrected chi connectivity index (χ4v) is 4.43. The Morgan fingerprint density at radius 1 is 1.22 bits per heavy atom. The first-order valence-electron chi connectivity index (χ1n) is 8.84. The summed E-state index contributed by atoms with van der Waals surface area (Å²) < 4.78 is 0. The predicted molar refractivity (Wildman–Crippen MR) is 92.9 cm³/mol. The van der Waals surface area contributed by atoms with Crippen molar-refractivity contribution in [3.63, 3.8) is 0 Å². The van der Waals surface area contributed by atoms with Crippen LogP contribution in [0.25, 0.3) is 0 Å². The van der Waals surface area contributed by atoms with Gasteiger partial charge in [0, 0.05) is 23.6 Å². The summed E-state index contributed by atoms with van der Waals surface area (Å²) in [5.41, 5.74) is 1.49. The van der Waals surface area contributed by atoms with Gasteiger partial charge in [0.15, 0.2) is 5.82 Å². The molecule has 0 bridgehead atoms. The number of hydrogen-bond donors (Lipinski definition) is 3. The number of carbonyl (C=O) groups is 1. The van der Waals surface area contributed by atoms with E-state index in [2.05, 4.69) is 20.8 Å². The van der Waals surface area contributed by atoms with Gasteiger partial charge in [0.25, 0.3) is 0 Å². The van der Waals surface area contributed by atoms with Crippen LogP contribution in [0.5, 0.6) is 0 Å². The minimum Gasteiger partial charge on any atom is -0.317 e. The van der Waals surface area contributed by atoms with Crippen LogP contribution in [0, 0.1) is 11.3 Å². The number of nitrogens with one attached hydrogen (secondary N) is 3. The molecule has 1 atom stereocenters. The first-order chi connectivity index (χ1) is 10.8. The smallest absolute Gasteiger partial charge is 0.229 e. The van der Waals surface area contributed by atoms with Crippen LogP contribution < -0.4 is 10.6 Å². The zero-order valence-electron chi connectivity index (χ0n) is 13.6. The third kappa shape index (κ3) is 3.41. The van der Waals surface area contributed by atoms with E-state index in [1.807, 2.05) is 6.07 Å². The molecule has 1 amide bonds. The Balaban J connectivity index is 0.00000156. The second kappa shape index (κ2) is 6.81.